The van der Waals surface area contributed by atoms with Crippen LogP contribution in [0, 0.1) is 31.3 Å². The minimum Gasteiger partial charge on any atom is -0.483 e. The van der Waals surface area contributed by atoms with E-state index in [9.17, 15) is 22.8 Å². The van der Waals surface area contributed by atoms with Gasteiger partial charge in [-0.1, -0.05) is 12.1 Å². The lowest BCUT2D eigenvalue weighted by molar-refractivity contribution is -0.133. The van der Waals surface area contributed by atoms with Crippen LogP contribution < -0.4 is 4.74 Å². The summed E-state index contributed by atoms with van der Waals surface area (Å²) < 4.78 is 46.2. The fourth-order valence-electron chi connectivity index (χ4n) is 3.34. The van der Waals surface area contributed by atoms with Gasteiger partial charge < -0.3 is 14.5 Å². The summed E-state index contributed by atoms with van der Waals surface area (Å²) in [4.78, 5) is 28.0. The molecule has 2 aromatic rings. The van der Waals surface area contributed by atoms with Gasteiger partial charge in [0.2, 0.25) is 0 Å². The van der Waals surface area contributed by atoms with Crippen molar-refractivity contribution in [2.24, 2.45) is 0 Å². The molecule has 0 aromatic heterocycles. The fraction of sp³-hybridized carbons (Fsp3) is 0.364. The van der Waals surface area contributed by atoms with Gasteiger partial charge in [0, 0.05) is 26.2 Å². The second-order valence-corrected chi connectivity index (χ2v) is 7.24. The van der Waals surface area contributed by atoms with Crippen LogP contribution in [0.4, 0.5) is 13.2 Å². The molecule has 0 saturated carbocycles. The molecule has 160 valence electrons. The number of halogens is 3. The van der Waals surface area contributed by atoms with Crippen LogP contribution in [0.15, 0.2) is 30.3 Å². The van der Waals surface area contributed by atoms with Gasteiger partial charge in [-0.25, -0.2) is 13.2 Å². The van der Waals surface area contributed by atoms with E-state index >= 15 is 0 Å². The number of hydrogen-bond donors (Lipinski definition) is 0. The normalized spacial score (nSPS) is 14.4. The van der Waals surface area contributed by atoms with Gasteiger partial charge in [0.15, 0.2) is 24.1 Å². The quantitative estimate of drug-likeness (QED) is 0.712. The highest BCUT2D eigenvalue weighted by molar-refractivity contribution is 5.94. The second-order valence-electron chi connectivity index (χ2n) is 7.24. The molecule has 5 nitrogen and oxygen atoms in total. The molecule has 0 aliphatic carbocycles. The highest BCUT2D eigenvalue weighted by atomic mass is 19.2. The van der Waals surface area contributed by atoms with E-state index in [1.807, 2.05) is 26.0 Å². The van der Waals surface area contributed by atoms with Crippen LogP contribution in [-0.4, -0.2) is 54.4 Å². The third-order valence-corrected chi connectivity index (χ3v) is 5.31. The van der Waals surface area contributed by atoms with Crippen LogP contribution in [0.1, 0.15) is 27.9 Å². The maximum Gasteiger partial charge on any atom is 0.260 e. The summed E-state index contributed by atoms with van der Waals surface area (Å²) in [6, 6.07) is 7.27. The van der Waals surface area contributed by atoms with Gasteiger partial charge in [0.25, 0.3) is 11.8 Å². The van der Waals surface area contributed by atoms with Crippen molar-refractivity contribution in [3.8, 4) is 5.75 Å². The summed E-state index contributed by atoms with van der Waals surface area (Å²) in [7, 11) is 0. The second kappa shape index (κ2) is 9.19. The average Bonchev–Trinajstić information content (AvgIpc) is 2.99. The molecule has 8 heteroatoms. The van der Waals surface area contributed by atoms with Crippen molar-refractivity contribution >= 4 is 11.8 Å². The molecule has 1 fully saturated rings. The van der Waals surface area contributed by atoms with E-state index in [0.717, 1.165) is 23.3 Å². The summed E-state index contributed by atoms with van der Waals surface area (Å²) in [6.07, 6.45) is 0.478. The summed E-state index contributed by atoms with van der Waals surface area (Å²) in [5, 5.41) is 0. The van der Waals surface area contributed by atoms with Crippen LogP contribution in [0.3, 0.4) is 0 Å². The van der Waals surface area contributed by atoms with Crippen LogP contribution in [0.5, 0.6) is 5.75 Å². The zero-order chi connectivity index (χ0) is 21.8. The largest absolute Gasteiger partial charge is 0.483 e. The van der Waals surface area contributed by atoms with Crippen molar-refractivity contribution in [3.05, 3.63) is 64.5 Å². The van der Waals surface area contributed by atoms with Crippen LogP contribution in [0.2, 0.25) is 0 Å². The molecule has 3 rings (SSSR count). The first-order valence-corrected chi connectivity index (χ1v) is 9.69. The Morgan fingerprint density at radius 3 is 2.40 bits per heavy atom. The van der Waals surface area contributed by atoms with Gasteiger partial charge in [-0.2, -0.15) is 0 Å². The first-order valence-electron chi connectivity index (χ1n) is 9.69. The Balaban J connectivity index is 1.60. The number of nitrogens with zero attached hydrogens (tertiary/aromatic N) is 2. The molecule has 0 bridgehead atoms. The molecule has 1 heterocycles. The molecule has 0 N–H and O–H groups in total. The van der Waals surface area contributed by atoms with Crippen LogP contribution in [-0.2, 0) is 4.79 Å². The maximum atomic E-state index is 14.0. The first kappa shape index (κ1) is 21.7. The fourth-order valence-corrected chi connectivity index (χ4v) is 3.34. The van der Waals surface area contributed by atoms with E-state index < -0.39 is 28.9 Å². The van der Waals surface area contributed by atoms with Gasteiger partial charge >= 0.3 is 0 Å². The number of benzene rings is 2. The molecule has 2 aromatic carbocycles. The summed E-state index contributed by atoms with van der Waals surface area (Å²) >= 11 is 0. The van der Waals surface area contributed by atoms with E-state index in [0.29, 0.717) is 18.7 Å². The van der Waals surface area contributed by atoms with Gasteiger partial charge in [-0.05, 0) is 49.6 Å². The Morgan fingerprint density at radius 1 is 0.933 bits per heavy atom. The number of ether oxygens (including phenoxy) is 1. The predicted molar refractivity (Wildman–Crippen MR) is 105 cm³/mol. The Bertz CT molecular complexity index is 965. The van der Waals surface area contributed by atoms with E-state index in [1.165, 1.54) is 4.90 Å². The minimum absolute atomic E-state index is 0.129. The monoisotopic (exact) mass is 420 g/mol. The lowest BCUT2D eigenvalue weighted by Gasteiger charge is -2.22. The van der Waals surface area contributed by atoms with Gasteiger partial charge in [0.05, 0.1) is 5.56 Å². The zero-order valence-electron chi connectivity index (χ0n) is 16.9. The van der Waals surface area contributed by atoms with Crippen molar-refractivity contribution < 1.29 is 27.5 Å². The minimum atomic E-state index is -1.67. The summed E-state index contributed by atoms with van der Waals surface area (Å²) in [5.41, 5.74) is 1.51. The SMILES string of the molecule is Cc1cccc(OCC(=O)N2CCCN(C(=O)c3ccc(F)c(F)c3F)CC2)c1C. The molecule has 0 unspecified atom stereocenters. The summed E-state index contributed by atoms with van der Waals surface area (Å²) in [5.74, 6) is -4.82. The molecule has 1 aliphatic heterocycles. The molecule has 0 spiro atoms. The Morgan fingerprint density at radius 2 is 1.63 bits per heavy atom. The topological polar surface area (TPSA) is 49.9 Å². The number of aryl methyl sites for hydroxylation is 1. The standard InChI is InChI=1S/C22H23F3N2O3/c1-14-5-3-6-18(15(14)2)30-13-19(28)26-9-4-10-27(12-11-26)22(29)16-7-8-17(23)21(25)20(16)24/h3,5-8H,4,9-13H2,1-2H3. The number of amides is 2. The van der Waals surface area contributed by atoms with E-state index in [4.69, 9.17) is 4.74 Å². The van der Waals surface area contributed by atoms with Gasteiger partial charge in [-0.15, -0.1) is 0 Å². The first-order chi connectivity index (χ1) is 14.3. The molecule has 0 atom stereocenters. The van der Waals surface area contributed by atoms with Crippen molar-refractivity contribution in [3.63, 3.8) is 0 Å². The van der Waals surface area contributed by atoms with Crippen LogP contribution >= 0.6 is 0 Å². The van der Waals surface area contributed by atoms with E-state index in [2.05, 4.69) is 0 Å². The Labute approximate surface area is 173 Å². The molecular weight excluding hydrogens is 397 g/mol. The van der Waals surface area contributed by atoms with Gasteiger partial charge in [-0.3, -0.25) is 9.59 Å². The Kier molecular flexibility index (Phi) is 6.64. The van der Waals surface area contributed by atoms with E-state index in [1.54, 1.807) is 11.0 Å². The molecule has 1 saturated heterocycles. The third-order valence-electron chi connectivity index (χ3n) is 5.31. The summed E-state index contributed by atoms with van der Waals surface area (Å²) in [6.45, 7) is 4.84. The molecule has 1 aliphatic rings. The number of hydrogen-bond acceptors (Lipinski definition) is 3. The van der Waals surface area contributed by atoms with E-state index in [-0.39, 0.29) is 32.1 Å². The smallest absolute Gasteiger partial charge is 0.260 e. The number of carbonyl (C=O) groups is 2. The van der Waals surface area contributed by atoms with Gasteiger partial charge in [0.1, 0.15) is 5.75 Å². The van der Waals surface area contributed by atoms with Crippen LogP contribution in [0.25, 0.3) is 0 Å². The van der Waals surface area contributed by atoms with Crippen molar-refractivity contribution in [1.29, 1.82) is 0 Å². The highest BCUT2D eigenvalue weighted by Crippen LogP contribution is 2.21. The Hall–Kier alpha value is -3.03. The molecule has 0 radical (unpaired) electrons. The van der Waals surface area contributed by atoms with Crippen molar-refractivity contribution in [2.75, 3.05) is 32.8 Å². The lowest BCUT2D eigenvalue weighted by Crippen LogP contribution is -2.39. The number of carbonyl (C=O) groups excluding carboxylic acids is 2. The highest BCUT2D eigenvalue weighted by Gasteiger charge is 2.26. The van der Waals surface area contributed by atoms with Crippen molar-refractivity contribution in [1.82, 2.24) is 9.80 Å². The lowest BCUT2D eigenvalue weighted by atomic mass is 10.1. The predicted octanol–water partition coefficient (Wildman–Crippen LogP) is 3.47. The maximum absolute atomic E-state index is 14.0. The average molecular weight is 420 g/mol. The zero-order valence-corrected chi connectivity index (χ0v) is 16.9. The third kappa shape index (κ3) is 4.58. The number of rotatable bonds is 4. The molecular formula is C22H23F3N2O3. The van der Waals surface area contributed by atoms with Crippen molar-refractivity contribution in [2.45, 2.75) is 20.3 Å². The molecule has 2 amide bonds. The molecule has 30 heavy (non-hydrogen) atoms.